The van der Waals surface area contributed by atoms with Gasteiger partial charge in [0.05, 0.1) is 22.5 Å². The van der Waals surface area contributed by atoms with Gasteiger partial charge in [-0.15, -0.1) is 0 Å². The molecule has 3 saturated heterocycles. The van der Waals surface area contributed by atoms with Gasteiger partial charge in [-0.3, -0.25) is 19.1 Å². The standard InChI is InChI=1S/C22H26N4O4S3/c1-13-4-7-25(8-5-13)19-16(14(2)17(11-23)20(27)24(19)3)10-18-21(28)26(22(31)32-18)15-6-9-33(29,30)12-15/h10,13,15H,4-9,12H2,1-3H3. The fourth-order valence-corrected chi connectivity index (χ4v) is 7.80. The van der Waals surface area contributed by atoms with Crippen LogP contribution in [0, 0.1) is 24.2 Å². The molecule has 1 aromatic rings. The van der Waals surface area contributed by atoms with Crippen molar-refractivity contribution in [3.63, 3.8) is 0 Å². The molecule has 3 fully saturated rings. The van der Waals surface area contributed by atoms with Crippen LogP contribution >= 0.6 is 24.0 Å². The number of rotatable bonds is 3. The second-order valence-corrected chi connectivity index (χ2v) is 12.9. The molecule has 3 aliphatic heterocycles. The van der Waals surface area contributed by atoms with Crippen molar-refractivity contribution in [1.82, 2.24) is 9.47 Å². The summed E-state index contributed by atoms with van der Waals surface area (Å²) in [5, 5.41) is 9.62. The first-order valence-electron chi connectivity index (χ1n) is 10.9. The van der Waals surface area contributed by atoms with Crippen molar-refractivity contribution in [2.24, 2.45) is 13.0 Å². The lowest BCUT2D eigenvalue weighted by atomic mass is 9.97. The van der Waals surface area contributed by atoms with Crippen LogP contribution in [-0.4, -0.2) is 58.7 Å². The molecule has 4 heterocycles. The largest absolute Gasteiger partial charge is 0.357 e. The molecule has 0 N–H and O–H groups in total. The van der Waals surface area contributed by atoms with Crippen molar-refractivity contribution in [1.29, 1.82) is 5.26 Å². The number of amides is 1. The number of thiocarbonyl (C=S) groups is 1. The summed E-state index contributed by atoms with van der Waals surface area (Å²) < 4.78 is 25.7. The molecule has 11 heteroatoms. The molecular formula is C22H26N4O4S3. The summed E-state index contributed by atoms with van der Waals surface area (Å²) in [5.41, 5.74) is 0.880. The maximum atomic E-state index is 13.3. The number of carbonyl (C=O) groups excluding carboxylic acids is 1. The molecule has 3 aliphatic rings. The lowest BCUT2D eigenvalue weighted by Crippen LogP contribution is -2.39. The lowest BCUT2D eigenvalue weighted by Gasteiger charge is -2.34. The number of hydrogen-bond donors (Lipinski definition) is 0. The Hall–Kier alpha value is -2.16. The molecule has 8 nitrogen and oxygen atoms in total. The minimum absolute atomic E-state index is 0.0512. The predicted molar refractivity (Wildman–Crippen MR) is 134 cm³/mol. The Kier molecular flexibility index (Phi) is 6.46. The van der Waals surface area contributed by atoms with Gasteiger partial charge in [0.15, 0.2) is 9.84 Å². The van der Waals surface area contributed by atoms with Crippen LogP contribution in [0.15, 0.2) is 9.70 Å². The van der Waals surface area contributed by atoms with Gasteiger partial charge in [-0.25, -0.2) is 8.42 Å². The van der Waals surface area contributed by atoms with E-state index in [2.05, 4.69) is 11.8 Å². The van der Waals surface area contributed by atoms with Crippen LogP contribution in [0.3, 0.4) is 0 Å². The van der Waals surface area contributed by atoms with Gasteiger partial charge in [0.25, 0.3) is 11.5 Å². The van der Waals surface area contributed by atoms with E-state index in [4.69, 9.17) is 12.2 Å². The average Bonchev–Trinajstić information content (AvgIpc) is 3.25. The maximum Gasteiger partial charge on any atom is 0.270 e. The zero-order valence-electron chi connectivity index (χ0n) is 18.8. The molecule has 0 spiro atoms. The topological polar surface area (TPSA) is 103 Å². The van der Waals surface area contributed by atoms with Crippen LogP contribution in [0.4, 0.5) is 5.82 Å². The number of hydrogen-bond acceptors (Lipinski definition) is 8. The molecule has 0 bridgehead atoms. The van der Waals surface area contributed by atoms with Crippen molar-refractivity contribution in [2.75, 3.05) is 29.5 Å². The third-order valence-corrected chi connectivity index (χ3v) is 9.80. The molecule has 1 aromatic heterocycles. The summed E-state index contributed by atoms with van der Waals surface area (Å²) in [6, 6.07) is 1.56. The first kappa shape index (κ1) is 24.0. The van der Waals surface area contributed by atoms with E-state index in [-0.39, 0.29) is 28.5 Å². The Balaban J connectivity index is 1.79. The number of piperidine rings is 1. The van der Waals surface area contributed by atoms with Crippen LogP contribution < -0.4 is 10.5 Å². The van der Waals surface area contributed by atoms with E-state index in [1.54, 1.807) is 20.0 Å². The first-order valence-corrected chi connectivity index (χ1v) is 13.9. The summed E-state index contributed by atoms with van der Waals surface area (Å²) in [6.45, 7) is 5.49. The number of nitrogens with zero attached hydrogens (tertiary/aromatic N) is 4. The lowest BCUT2D eigenvalue weighted by molar-refractivity contribution is -0.123. The monoisotopic (exact) mass is 506 g/mol. The van der Waals surface area contributed by atoms with Crippen molar-refractivity contribution in [2.45, 2.75) is 39.2 Å². The minimum Gasteiger partial charge on any atom is -0.357 e. The highest BCUT2D eigenvalue weighted by molar-refractivity contribution is 8.26. The van der Waals surface area contributed by atoms with E-state index in [1.807, 2.05) is 6.07 Å². The molecule has 33 heavy (non-hydrogen) atoms. The van der Waals surface area contributed by atoms with Gasteiger partial charge in [-0.2, -0.15) is 5.26 Å². The normalized spacial score (nSPS) is 24.7. The van der Waals surface area contributed by atoms with Crippen LogP contribution in [0.1, 0.15) is 42.9 Å². The highest BCUT2D eigenvalue weighted by Crippen LogP contribution is 2.38. The van der Waals surface area contributed by atoms with E-state index in [9.17, 15) is 23.3 Å². The van der Waals surface area contributed by atoms with Crippen molar-refractivity contribution in [3.05, 3.63) is 31.9 Å². The molecule has 1 unspecified atom stereocenters. The van der Waals surface area contributed by atoms with Gasteiger partial charge in [0, 0.05) is 25.7 Å². The van der Waals surface area contributed by atoms with Gasteiger partial charge in [-0.05, 0) is 43.7 Å². The van der Waals surface area contributed by atoms with Crippen molar-refractivity contribution < 1.29 is 13.2 Å². The third-order valence-electron chi connectivity index (χ3n) is 6.72. The van der Waals surface area contributed by atoms with Gasteiger partial charge in [0.2, 0.25) is 0 Å². The number of thioether (sulfide) groups is 1. The molecular weight excluding hydrogens is 480 g/mol. The minimum atomic E-state index is -3.17. The van der Waals surface area contributed by atoms with Crippen LogP contribution in [-0.2, 0) is 21.7 Å². The van der Waals surface area contributed by atoms with E-state index in [1.165, 1.54) is 9.47 Å². The third kappa shape index (κ3) is 4.36. The second-order valence-electron chi connectivity index (χ2n) is 8.99. The molecule has 0 aliphatic carbocycles. The average molecular weight is 507 g/mol. The fourth-order valence-electron chi connectivity index (χ4n) is 4.72. The van der Waals surface area contributed by atoms with Gasteiger partial charge < -0.3 is 4.90 Å². The summed E-state index contributed by atoms with van der Waals surface area (Å²) in [6.07, 6.45) is 4.07. The van der Waals surface area contributed by atoms with Gasteiger partial charge in [-0.1, -0.05) is 30.9 Å². The second kappa shape index (κ2) is 8.89. The molecule has 0 aromatic carbocycles. The van der Waals surface area contributed by atoms with Gasteiger partial charge >= 0.3 is 0 Å². The summed E-state index contributed by atoms with van der Waals surface area (Å²) in [4.78, 5) is 30.1. The number of anilines is 1. The quantitative estimate of drug-likeness (QED) is 0.454. The SMILES string of the molecule is Cc1c(C=C2SC(=S)N(C3CCS(=O)(=O)C3)C2=O)c(N2CCC(C)CC2)n(C)c(=O)c1C#N. The zero-order valence-corrected chi connectivity index (χ0v) is 21.3. The number of aromatic nitrogens is 1. The van der Waals surface area contributed by atoms with E-state index >= 15 is 0 Å². The molecule has 0 radical (unpaired) electrons. The zero-order chi connectivity index (χ0) is 24.1. The Labute approximate surface area is 203 Å². The number of carbonyl (C=O) groups is 1. The van der Waals surface area contributed by atoms with Crippen molar-refractivity contribution in [3.8, 4) is 6.07 Å². The maximum absolute atomic E-state index is 13.3. The number of sulfone groups is 1. The highest BCUT2D eigenvalue weighted by Gasteiger charge is 2.42. The number of pyridine rings is 1. The summed E-state index contributed by atoms with van der Waals surface area (Å²) in [7, 11) is -1.52. The molecule has 0 saturated carbocycles. The smallest absolute Gasteiger partial charge is 0.270 e. The summed E-state index contributed by atoms with van der Waals surface area (Å²) >= 11 is 6.57. The first-order chi connectivity index (χ1) is 15.5. The number of nitriles is 1. The van der Waals surface area contributed by atoms with Crippen LogP contribution in [0.25, 0.3) is 6.08 Å². The Bertz CT molecular complexity index is 1270. The molecule has 176 valence electrons. The van der Waals surface area contributed by atoms with Crippen LogP contribution in [0.5, 0.6) is 0 Å². The van der Waals surface area contributed by atoms with E-state index < -0.39 is 15.9 Å². The fraction of sp³-hybridized carbons (Fsp3) is 0.545. The highest BCUT2D eigenvalue weighted by atomic mass is 32.2. The van der Waals surface area contributed by atoms with E-state index in [0.717, 1.165) is 37.7 Å². The Morgan fingerprint density at radius 1 is 1.21 bits per heavy atom. The Morgan fingerprint density at radius 3 is 2.45 bits per heavy atom. The van der Waals surface area contributed by atoms with Gasteiger partial charge in [0.1, 0.15) is 21.8 Å². The molecule has 1 atom stereocenters. The Morgan fingerprint density at radius 2 is 1.88 bits per heavy atom. The van der Waals surface area contributed by atoms with Crippen LogP contribution in [0.2, 0.25) is 0 Å². The molecule has 4 rings (SSSR count). The predicted octanol–water partition coefficient (Wildman–Crippen LogP) is 2.19. The molecule has 1 amide bonds. The van der Waals surface area contributed by atoms with Crippen molar-refractivity contribution >= 4 is 55.9 Å². The summed E-state index contributed by atoms with van der Waals surface area (Å²) in [5.74, 6) is 0.937. The van der Waals surface area contributed by atoms with E-state index in [0.29, 0.717) is 38.5 Å².